The van der Waals surface area contributed by atoms with Crippen molar-refractivity contribution in [2.75, 3.05) is 0 Å². The lowest BCUT2D eigenvalue weighted by molar-refractivity contribution is 0.126. The number of aromatic nitrogens is 4. The molecule has 86 valence electrons. The van der Waals surface area contributed by atoms with Crippen molar-refractivity contribution in [1.82, 2.24) is 19.1 Å². The molecule has 0 aliphatic rings. The summed E-state index contributed by atoms with van der Waals surface area (Å²) in [4.78, 5) is 19.1. The summed E-state index contributed by atoms with van der Waals surface area (Å²) in [6.07, 6.45) is -1.30. The molecule has 8 heteroatoms. The lowest BCUT2D eigenvalue weighted by atomic mass is 10.5. The molecule has 0 saturated carbocycles. The normalized spacial score (nSPS) is 11.6. The largest absolute Gasteiger partial charge is 0.330 e. The lowest BCUT2D eigenvalue weighted by Gasteiger charge is -2.00. The van der Waals surface area contributed by atoms with Gasteiger partial charge in [-0.3, -0.25) is 9.13 Å². The molecule has 2 rings (SSSR count). The van der Waals surface area contributed by atoms with Gasteiger partial charge < -0.3 is 0 Å². The third-order valence-corrected chi connectivity index (χ3v) is 2.36. The molecule has 2 aromatic heterocycles. The van der Waals surface area contributed by atoms with Gasteiger partial charge in [-0.2, -0.15) is 4.98 Å². The van der Waals surface area contributed by atoms with Crippen molar-refractivity contribution < 1.29 is 8.78 Å². The maximum absolute atomic E-state index is 12.3. The van der Waals surface area contributed by atoms with Crippen LogP contribution < -0.4 is 5.69 Å². The van der Waals surface area contributed by atoms with Gasteiger partial charge in [0.1, 0.15) is 5.52 Å². The fourth-order valence-corrected chi connectivity index (χ4v) is 1.59. The predicted octanol–water partition coefficient (Wildman–Crippen LogP) is 1.05. The Hall–Kier alpha value is -1.50. The van der Waals surface area contributed by atoms with E-state index in [9.17, 15) is 13.6 Å². The molecular formula is C8H7ClF2N4O. The number of hydrogen-bond acceptors (Lipinski definition) is 3. The highest BCUT2D eigenvalue weighted by Gasteiger charge is 2.16. The van der Waals surface area contributed by atoms with E-state index in [1.165, 1.54) is 17.8 Å². The van der Waals surface area contributed by atoms with Crippen LogP contribution in [-0.2, 0) is 13.6 Å². The van der Waals surface area contributed by atoms with Gasteiger partial charge in [0.25, 0.3) is 6.43 Å². The number of halogens is 3. The van der Waals surface area contributed by atoms with Gasteiger partial charge >= 0.3 is 5.69 Å². The smallest absolute Gasteiger partial charge is 0.292 e. The third-order valence-electron chi connectivity index (χ3n) is 2.18. The predicted molar refractivity (Wildman–Crippen MR) is 53.8 cm³/mol. The van der Waals surface area contributed by atoms with Crippen LogP contribution in [0.2, 0.25) is 5.28 Å². The average molecular weight is 249 g/mol. The van der Waals surface area contributed by atoms with Gasteiger partial charge in [0.15, 0.2) is 5.65 Å². The minimum absolute atomic E-state index is 0.0823. The Labute approximate surface area is 93.3 Å². The molecule has 2 aromatic rings. The van der Waals surface area contributed by atoms with Crippen molar-refractivity contribution in [2.45, 2.75) is 13.0 Å². The summed E-state index contributed by atoms with van der Waals surface area (Å²) in [7, 11) is 1.46. The zero-order valence-electron chi connectivity index (χ0n) is 8.19. The van der Waals surface area contributed by atoms with E-state index >= 15 is 0 Å². The highest BCUT2D eigenvalue weighted by atomic mass is 35.5. The van der Waals surface area contributed by atoms with Crippen LogP contribution in [0.3, 0.4) is 0 Å². The molecule has 0 N–H and O–H groups in total. The monoisotopic (exact) mass is 248 g/mol. The topological polar surface area (TPSA) is 52.7 Å². The molecule has 0 atom stereocenters. The first-order valence-corrected chi connectivity index (χ1v) is 4.74. The van der Waals surface area contributed by atoms with Gasteiger partial charge in [0.2, 0.25) is 5.28 Å². The molecule has 0 aromatic carbocycles. The maximum Gasteiger partial charge on any atom is 0.330 e. The van der Waals surface area contributed by atoms with Crippen LogP contribution in [0.5, 0.6) is 0 Å². The molecule has 0 spiro atoms. The van der Waals surface area contributed by atoms with Gasteiger partial charge in [-0.05, 0) is 11.6 Å². The highest BCUT2D eigenvalue weighted by Crippen LogP contribution is 2.12. The van der Waals surface area contributed by atoms with Crippen LogP contribution in [0.4, 0.5) is 8.78 Å². The molecule has 0 radical (unpaired) electrons. The number of aryl methyl sites for hydroxylation is 1. The Bertz CT molecular complexity index is 591. The molecule has 0 unspecified atom stereocenters. The number of nitrogens with zero attached hydrogens (tertiary/aromatic N) is 4. The quantitative estimate of drug-likeness (QED) is 0.747. The second-order valence-electron chi connectivity index (χ2n) is 3.19. The minimum atomic E-state index is -2.63. The molecule has 0 aliphatic heterocycles. The Morgan fingerprint density at radius 3 is 2.88 bits per heavy atom. The first-order valence-electron chi connectivity index (χ1n) is 4.36. The van der Waals surface area contributed by atoms with Gasteiger partial charge in [-0.15, -0.1) is 0 Å². The summed E-state index contributed by atoms with van der Waals surface area (Å²) in [6.45, 7) is -0.705. The molecule has 0 bridgehead atoms. The van der Waals surface area contributed by atoms with E-state index in [-0.39, 0.29) is 10.9 Å². The van der Waals surface area contributed by atoms with Gasteiger partial charge in [-0.25, -0.2) is 18.6 Å². The highest BCUT2D eigenvalue weighted by molar-refractivity contribution is 6.28. The molecule has 16 heavy (non-hydrogen) atoms. The van der Waals surface area contributed by atoms with Crippen molar-refractivity contribution in [3.8, 4) is 0 Å². The number of alkyl halides is 2. The Morgan fingerprint density at radius 1 is 1.56 bits per heavy atom. The molecule has 0 amide bonds. The molecular weight excluding hydrogens is 242 g/mol. The van der Waals surface area contributed by atoms with E-state index in [1.54, 1.807) is 0 Å². The first-order chi connectivity index (χ1) is 7.50. The van der Waals surface area contributed by atoms with Crippen LogP contribution in [0.15, 0.2) is 11.0 Å². The van der Waals surface area contributed by atoms with Crippen LogP contribution in [0.1, 0.15) is 0 Å². The zero-order chi connectivity index (χ0) is 11.9. The third kappa shape index (κ3) is 1.67. The van der Waals surface area contributed by atoms with Crippen LogP contribution in [0, 0.1) is 0 Å². The molecule has 0 fully saturated rings. The van der Waals surface area contributed by atoms with E-state index in [0.29, 0.717) is 5.52 Å². The number of fused-ring (bicyclic) bond motifs is 1. The van der Waals surface area contributed by atoms with Crippen LogP contribution >= 0.6 is 11.6 Å². The average Bonchev–Trinajstić information content (AvgIpc) is 2.43. The summed E-state index contributed by atoms with van der Waals surface area (Å²) in [5.74, 6) is 0. The molecule has 5 nitrogen and oxygen atoms in total. The van der Waals surface area contributed by atoms with Crippen molar-refractivity contribution in [3.63, 3.8) is 0 Å². The number of imidazole rings is 1. The fourth-order valence-electron chi connectivity index (χ4n) is 1.46. The van der Waals surface area contributed by atoms with E-state index < -0.39 is 18.7 Å². The Morgan fingerprint density at radius 2 is 2.25 bits per heavy atom. The van der Waals surface area contributed by atoms with Crippen molar-refractivity contribution in [1.29, 1.82) is 0 Å². The Balaban J connectivity index is 2.75. The fraction of sp³-hybridized carbons (Fsp3) is 0.375. The Kier molecular flexibility index (Phi) is 2.63. The number of rotatable bonds is 2. The molecule has 0 aliphatic carbocycles. The summed E-state index contributed by atoms with van der Waals surface area (Å²) in [5, 5.41) is -0.0823. The van der Waals surface area contributed by atoms with Crippen LogP contribution in [-0.4, -0.2) is 25.5 Å². The van der Waals surface area contributed by atoms with Gasteiger partial charge in [0, 0.05) is 7.05 Å². The first kappa shape index (κ1) is 11.0. The second kappa shape index (κ2) is 3.82. The van der Waals surface area contributed by atoms with Gasteiger partial charge in [0.05, 0.1) is 12.7 Å². The van der Waals surface area contributed by atoms with Gasteiger partial charge in [-0.1, -0.05) is 0 Å². The second-order valence-corrected chi connectivity index (χ2v) is 3.53. The molecule has 2 heterocycles. The summed E-state index contributed by atoms with van der Waals surface area (Å²) < 4.78 is 26.7. The van der Waals surface area contributed by atoms with Crippen LogP contribution in [0.25, 0.3) is 11.2 Å². The number of hydrogen-bond donors (Lipinski definition) is 0. The molecule has 0 saturated heterocycles. The maximum atomic E-state index is 12.3. The SMILES string of the molecule is Cn1c(=O)n(CC(F)F)c2nc(Cl)ncc21. The van der Waals surface area contributed by atoms with Crippen molar-refractivity contribution in [2.24, 2.45) is 7.05 Å². The van der Waals surface area contributed by atoms with E-state index in [0.717, 1.165) is 4.57 Å². The summed E-state index contributed by atoms with van der Waals surface area (Å²) in [6, 6.07) is 0. The van der Waals surface area contributed by atoms with E-state index in [4.69, 9.17) is 11.6 Å². The van der Waals surface area contributed by atoms with E-state index in [1.807, 2.05) is 0 Å². The zero-order valence-corrected chi connectivity index (χ0v) is 8.95. The standard InChI is InChI=1S/C8H7ClF2N4O/c1-14-4-2-12-7(9)13-6(4)15(8(14)16)3-5(10)11/h2,5H,3H2,1H3. The summed E-state index contributed by atoms with van der Waals surface area (Å²) >= 11 is 5.55. The van der Waals surface area contributed by atoms with Crippen molar-refractivity contribution in [3.05, 3.63) is 22.0 Å². The summed E-state index contributed by atoms with van der Waals surface area (Å²) in [5.41, 5.74) is -0.0743. The lowest BCUT2D eigenvalue weighted by Crippen LogP contribution is -2.24. The minimum Gasteiger partial charge on any atom is -0.292 e. The van der Waals surface area contributed by atoms with E-state index in [2.05, 4.69) is 9.97 Å². The van der Waals surface area contributed by atoms with Crippen molar-refractivity contribution >= 4 is 22.8 Å².